The number of sulfonamides is 1. The molecule has 2 aromatic rings. The standard InChI is InChI=1S/C22H22F3N3O5S/c1-13(2)12-33-18-9-4-14(11-19(18)32-3)10-17-20(22(23,24)25)27-28(21(17)29)15-5-7-16(8-6-15)34(26,30)31/h4-11,13H,12H2,1-3H3,(H2,26,30,31)/b17-10+. The first-order valence-corrected chi connectivity index (χ1v) is 11.5. The maximum atomic E-state index is 13.7. The van der Waals surface area contributed by atoms with Gasteiger partial charge in [-0.25, -0.2) is 13.6 Å². The molecule has 12 heteroatoms. The Labute approximate surface area is 194 Å². The minimum absolute atomic E-state index is 0.0578. The summed E-state index contributed by atoms with van der Waals surface area (Å²) >= 11 is 0. The molecule has 0 saturated heterocycles. The monoisotopic (exact) mass is 497 g/mol. The van der Waals surface area contributed by atoms with Crippen molar-refractivity contribution < 1.29 is 35.9 Å². The molecule has 0 fully saturated rings. The van der Waals surface area contributed by atoms with Crippen LogP contribution in [0, 0.1) is 5.92 Å². The molecule has 1 heterocycles. The normalized spacial score (nSPS) is 15.8. The van der Waals surface area contributed by atoms with Gasteiger partial charge in [-0.05, 0) is 54.0 Å². The van der Waals surface area contributed by atoms with Crippen molar-refractivity contribution in [2.45, 2.75) is 24.9 Å². The summed E-state index contributed by atoms with van der Waals surface area (Å²) < 4.78 is 74.8. The molecule has 0 aromatic heterocycles. The summed E-state index contributed by atoms with van der Waals surface area (Å²) in [6.45, 7) is 4.34. The molecule has 0 saturated carbocycles. The van der Waals surface area contributed by atoms with Gasteiger partial charge in [-0.15, -0.1) is 0 Å². The van der Waals surface area contributed by atoms with E-state index in [-0.39, 0.29) is 22.1 Å². The molecule has 0 spiro atoms. The molecule has 1 aliphatic rings. The van der Waals surface area contributed by atoms with Crippen LogP contribution in [0.3, 0.4) is 0 Å². The van der Waals surface area contributed by atoms with Crippen LogP contribution in [0.1, 0.15) is 19.4 Å². The number of hydrogen-bond acceptors (Lipinski definition) is 6. The number of halogens is 3. The number of nitrogens with zero attached hydrogens (tertiary/aromatic N) is 2. The van der Waals surface area contributed by atoms with Crippen LogP contribution in [0.15, 0.2) is 58.0 Å². The third-order valence-electron chi connectivity index (χ3n) is 4.63. The van der Waals surface area contributed by atoms with Crippen molar-refractivity contribution in [3.8, 4) is 11.5 Å². The van der Waals surface area contributed by atoms with Crippen LogP contribution in [0.4, 0.5) is 18.9 Å². The van der Waals surface area contributed by atoms with E-state index in [1.807, 2.05) is 13.8 Å². The number of primary sulfonamides is 1. The van der Waals surface area contributed by atoms with Crippen LogP contribution in [0.5, 0.6) is 11.5 Å². The van der Waals surface area contributed by atoms with Gasteiger partial charge in [-0.2, -0.15) is 23.3 Å². The first-order chi connectivity index (χ1) is 15.8. The third kappa shape index (κ3) is 5.57. The van der Waals surface area contributed by atoms with Gasteiger partial charge < -0.3 is 9.47 Å². The Bertz CT molecular complexity index is 1250. The van der Waals surface area contributed by atoms with E-state index >= 15 is 0 Å². The average molecular weight is 497 g/mol. The smallest absolute Gasteiger partial charge is 0.435 e. The van der Waals surface area contributed by atoms with E-state index < -0.39 is 33.4 Å². The van der Waals surface area contributed by atoms with Crippen LogP contribution in [-0.4, -0.2) is 39.9 Å². The molecule has 2 aromatic carbocycles. The Kier molecular flexibility index (Phi) is 7.03. The highest BCUT2D eigenvalue weighted by Gasteiger charge is 2.46. The number of methoxy groups -OCH3 is 1. The van der Waals surface area contributed by atoms with Gasteiger partial charge in [0.2, 0.25) is 10.0 Å². The molecule has 0 aliphatic carbocycles. The molecule has 0 unspecified atom stereocenters. The van der Waals surface area contributed by atoms with E-state index in [4.69, 9.17) is 14.6 Å². The zero-order valence-corrected chi connectivity index (χ0v) is 19.3. The van der Waals surface area contributed by atoms with Gasteiger partial charge in [0.25, 0.3) is 5.91 Å². The molecule has 2 N–H and O–H groups in total. The summed E-state index contributed by atoms with van der Waals surface area (Å²) in [4.78, 5) is 12.6. The number of hydrazone groups is 1. The van der Waals surface area contributed by atoms with Gasteiger partial charge in [-0.3, -0.25) is 4.79 Å². The summed E-state index contributed by atoms with van der Waals surface area (Å²) in [5, 5.41) is 9.04. The minimum Gasteiger partial charge on any atom is -0.493 e. The lowest BCUT2D eigenvalue weighted by Crippen LogP contribution is -2.25. The number of rotatable bonds is 7. The third-order valence-corrected chi connectivity index (χ3v) is 5.56. The predicted octanol–water partition coefficient (Wildman–Crippen LogP) is 3.73. The minimum atomic E-state index is -4.92. The van der Waals surface area contributed by atoms with Crippen molar-refractivity contribution in [3.63, 3.8) is 0 Å². The molecule has 1 aliphatic heterocycles. The number of anilines is 1. The molecule has 3 rings (SSSR count). The highest BCUT2D eigenvalue weighted by molar-refractivity contribution is 7.89. The fourth-order valence-electron chi connectivity index (χ4n) is 3.02. The van der Waals surface area contributed by atoms with Crippen LogP contribution in [-0.2, 0) is 14.8 Å². The second kappa shape index (κ2) is 9.47. The Morgan fingerprint density at radius 3 is 2.29 bits per heavy atom. The summed E-state index contributed by atoms with van der Waals surface area (Å²) in [7, 11) is -2.62. The van der Waals surface area contributed by atoms with Crippen LogP contribution in [0.2, 0.25) is 0 Å². The average Bonchev–Trinajstić information content (AvgIpc) is 3.08. The number of benzene rings is 2. The van der Waals surface area contributed by atoms with E-state index in [0.717, 1.165) is 30.3 Å². The first-order valence-electron chi connectivity index (χ1n) is 9.97. The lowest BCUT2D eigenvalue weighted by atomic mass is 10.1. The van der Waals surface area contributed by atoms with Crippen LogP contribution < -0.4 is 19.6 Å². The van der Waals surface area contributed by atoms with Gasteiger partial charge in [-0.1, -0.05) is 19.9 Å². The number of carbonyl (C=O) groups is 1. The molecule has 0 radical (unpaired) electrons. The van der Waals surface area contributed by atoms with Gasteiger partial charge >= 0.3 is 6.18 Å². The summed E-state index contributed by atoms with van der Waals surface area (Å²) in [6.07, 6.45) is -3.86. The second-order valence-electron chi connectivity index (χ2n) is 7.78. The Balaban J connectivity index is 1.99. The molecule has 0 atom stereocenters. The number of carbonyl (C=O) groups excluding carboxylic acids is 1. The number of ether oxygens (including phenoxy) is 2. The van der Waals surface area contributed by atoms with E-state index in [2.05, 4.69) is 5.10 Å². The number of hydrogen-bond donors (Lipinski definition) is 1. The Morgan fingerprint density at radius 1 is 1.12 bits per heavy atom. The number of alkyl halides is 3. The Hall–Kier alpha value is -3.38. The topological polar surface area (TPSA) is 111 Å². The maximum absolute atomic E-state index is 13.7. The zero-order chi connectivity index (χ0) is 25.3. The fraction of sp³-hybridized carbons (Fsp3) is 0.273. The second-order valence-corrected chi connectivity index (χ2v) is 9.34. The quantitative estimate of drug-likeness (QED) is 0.586. The van der Waals surface area contributed by atoms with Crippen molar-refractivity contribution in [2.24, 2.45) is 16.2 Å². The van der Waals surface area contributed by atoms with Crippen molar-refractivity contribution >= 4 is 33.4 Å². The molecule has 0 bridgehead atoms. The number of amides is 1. The highest BCUT2D eigenvalue weighted by atomic mass is 32.2. The van der Waals surface area contributed by atoms with Crippen LogP contribution >= 0.6 is 0 Å². The van der Waals surface area contributed by atoms with Crippen molar-refractivity contribution in [2.75, 3.05) is 18.7 Å². The van der Waals surface area contributed by atoms with E-state index in [0.29, 0.717) is 23.1 Å². The molecule has 8 nitrogen and oxygen atoms in total. The van der Waals surface area contributed by atoms with Crippen LogP contribution in [0.25, 0.3) is 6.08 Å². The van der Waals surface area contributed by atoms with Gasteiger partial charge in [0.15, 0.2) is 17.2 Å². The van der Waals surface area contributed by atoms with E-state index in [1.54, 1.807) is 6.07 Å². The molecule has 182 valence electrons. The van der Waals surface area contributed by atoms with Gasteiger partial charge in [0.05, 0.1) is 29.9 Å². The molecule has 34 heavy (non-hydrogen) atoms. The van der Waals surface area contributed by atoms with Crippen molar-refractivity contribution in [3.05, 3.63) is 53.6 Å². The van der Waals surface area contributed by atoms with E-state index in [1.165, 1.54) is 19.2 Å². The SMILES string of the molecule is COc1cc(/C=C2/C(=O)N(c3ccc(S(N)(=O)=O)cc3)N=C2C(F)(F)F)ccc1OCC(C)C. The highest BCUT2D eigenvalue weighted by Crippen LogP contribution is 2.34. The van der Waals surface area contributed by atoms with Crippen molar-refractivity contribution in [1.29, 1.82) is 0 Å². The maximum Gasteiger partial charge on any atom is 0.435 e. The lowest BCUT2D eigenvalue weighted by Gasteiger charge is -2.13. The Morgan fingerprint density at radius 2 is 1.76 bits per heavy atom. The zero-order valence-electron chi connectivity index (χ0n) is 18.5. The van der Waals surface area contributed by atoms with E-state index in [9.17, 15) is 26.4 Å². The largest absolute Gasteiger partial charge is 0.493 e. The predicted molar refractivity (Wildman–Crippen MR) is 120 cm³/mol. The summed E-state index contributed by atoms with van der Waals surface area (Å²) in [6, 6.07) is 8.92. The van der Waals surface area contributed by atoms with Gasteiger partial charge in [0, 0.05) is 0 Å². The molecular weight excluding hydrogens is 475 g/mol. The lowest BCUT2D eigenvalue weighted by molar-refractivity contribution is -0.114. The fourth-order valence-corrected chi connectivity index (χ4v) is 3.54. The molecule has 1 amide bonds. The first kappa shape index (κ1) is 25.2. The van der Waals surface area contributed by atoms with Gasteiger partial charge in [0.1, 0.15) is 0 Å². The summed E-state index contributed by atoms with van der Waals surface area (Å²) in [5.41, 5.74) is -1.86. The number of nitrogens with two attached hydrogens (primary N) is 1. The molecular formula is C22H22F3N3O5S. The summed E-state index contributed by atoms with van der Waals surface area (Å²) in [5.74, 6) is -0.0771. The van der Waals surface area contributed by atoms with Crippen molar-refractivity contribution in [1.82, 2.24) is 0 Å².